The number of hydrogen-bond acceptors (Lipinski definition) is 6. The zero-order valence-electron chi connectivity index (χ0n) is 19.1. The second-order valence-electron chi connectivity index (χ2n) is 8.11. The molecular formula is C25H33N3O5. The number of benzene rings is 2. The molecule has 2 aromatic carbocycles. The van der Waals surface area contributed by atoms with Crippen molar-refractivity contribution >= 4 is 12.1 Å². The Morgan fingerprint density at radius 2 is 1.76 bits per heavy atom. The lowest BCUT2D eigenvalue weighted by molar-refractivity contribution is -0.138. The Balaban J connectivity index is 1.45. The number of carbonyl (C=O) groups is 2. The minimum atomic E-state index is -1.10. The first-order valence-electron chi connectivity index (χ1n) is 11.4. The minimum Gasteiger partial charge on any atom is -0.480 e. The number of nitrogens with zero attached hydrogens (tertiary/aromatic N) is 2. The average Bonchev–Trinajstić information content (AvgIpc) is 3.28. The van der Waals surface area contributed by atoms with E-state index in [0.29, 0.717) is 6.54 Å². The fourth-order valence-corrected chi connectivity index (χ4v) is 3.76. The molecule has 0 radical (unpaired) electrons. The van der Waals surface area contributed by atoms with Crippen molar-refractivity contribution in [3.63, 3.8) is 0 Å². The molecule has 1 heterocycles. The molecule has 2 unspecified atom stereocenters. The van der Waals surface area contributed by atoms with Crippen molar-refractivity contribution in [2.75, 3.05) is 32.7 Å². The van der Waals surface area contributed by atoms with Gasteiger partial charge in [0.25, 0.3) is 0 Å². The highest BCUT2D eigenvalue weighted by atomic mass is 16.6. The number of carboxylic acid groups (broad SMARTS) is 1. The number of rotatable bonds is 12. The quantitative estimate of drug-likeness (QED) is 0.508. The monoisotopic (exact) mass is 455 g/mol. The standard InChI is InChI=1S/C25H33N3O5/c1-2-27(16-20-9-5-3-6-10-20)14-13-22-15-26-23(33-22)17-28(18-24(29)30)25(31)32-19-21-11-7-4-8-12-21/h3-12,22-23,26H,2,13-19H2,1H3,(H,29,30). The summed E-state index contributed by atoms with van der Waals surface area (Å²) in [4.78, 5) is 27.3. The van der Waals surface area contributed by atoms with E-state index in [-0.39, 0.29) is 19.3 Å². The van der Waals surface area contributed by atoms with E-state index in [4.69, 9.17) is 9.47 Å². The zero-order valence-corrected chi connectivity index (χ0v) is 19.1. The molecule has 1 aliphatic heterocycles. The molecule has 2 atom stereocenters. The van der Waals surface area contributed by atoms with Gasteiger partial charge in [-0.3, -0.25) is 19.9 Å². The molecule has 0 aromatic heterocycles. The maximum Gasteiger partial charge on any atom is 0.410 e. The van der Waals surface area contributed by atoms with Gasteiger partial charge < -0.3 is 14.6 Å². The van der Waals surface area contributed by atoms with Crippen LogP contribution >= 0.6 is 0 Å². The Morgan fingerprint density at radius 3 is 2.39 bits per heavy atom. The van der Waals surface area contributed by atoms with Crippen LogP contribution in [0.1, 0.15) is 24.5 Å². The molecule has 2 aromatic rings. The average molecular weight is 456 g/mol. The number of nitrogens with one attached hydrogen (secondary N) is 1. The number of hydrogen-bond donors (Lipinski definition) is 2. The Hall–Kier alpha value is -2.94. The Labute approximate surface area is 195 Å². The third-order valence-electron chi connectivity index (χ3n) is 5.57. The number of aliphatic carboxylic acids is 1. The second-order valence-corrected chi connectivity index (χ2v) is 8.11. The molecule has 0 bridgehead atoms. The van der Waals surface area contributed by atoms with Crippen LogP contribution in [0.25, 0.3) is 0 Å². The van der Waals surface area contributed by atoms with Gasteiger partial charge in [0.2, 0.25) is 0 Å². The summed E-state index contributed by atoms with van der Waals surface area (Å²) >= 11 is 0. The van der Waals surface area contributed by atoms with Crippen molar-refractivity contribution in [1.82, 2.24) is 15.1 Å². The van der Waals surface area contributed by atoms with E-state index in [1.165, 1.54) is 10.5 Å². The molecule has 8 nitrogen and oxygen atoms in total. The van der Waals surface area contributed by atoms with Crippen molar-refractivity contribution < 1.29 is 24.2 Å². The van der Waals surface area contributed by atoms with Crippen molar-refractivity contribution in [2.24, 2.45) is 0 Å². The summed E-state index contributed by atoms with van der Waals surface area (Å²) in [6.07, 6.45) is -0.244. The van der Waals surface area contributed by atoms with Crippen LogP contribution in [0.5, 0.6) is 0 Å². The molecule has 0 spiro atoms. The third-order valence-corrected chi connectivity index (χ3v) is 5.57. The van der Waals surface area contributed by atoms with Gasteiger partial charge in [-0.25, -0.2) is 4.79 Å². The second kappa shape index (κ2) is 12.9. The molecule has 0 aliphatic carbocycles. The first kappa shape index (κ1) is 24.7. The van der Waals surface area contributed by atoms with E-state index in [0.717, 1.165) is 31.6 Å². The van der Waals surface area contributed by atoms with Crippen molar-refractivity contribution in [1.29, 1.82) is 0 Å². The summed E-state index contributed by atoms with van der Waals surface area (Å²) in [7, 11) is 0. The SMILES string of the molecule is CCN(CCC1CNC(CN(CC(=O)O)C(=O)OCc2ccccc2)O1)Cc1ccccc1. The summed E-state index contributed by atoms with van der Waals surface area (Å²) in [6, 6.07) is 19.6. The fraction of sp³-hybridized carbons (Fsp3) is 0.440. The van der Waals surface area contributed by atoms with Crippen LogP contribution in [-0.2, 0) is 27.4 Å². The van der Waals surface area contributed by atoms with Crippen LogP contribution in [-0.4, -0.2) is 72.0 Å². The van der Waals surface area contributed by atoms with Gasteiger partial charge in [-0.05, 0) is 24.1 Å². The number of carboxylic acids is 1. The van der Waals surface area contributed by atoms with Crippen LogP contribution in [0, 0.1) is 0 Å². The highest BCUT2D eigenvalue weighted by Gasteiger charge is 2.29. The predicted octanol–water partition coefficient (Wildman–Crippen LogP) is 2.94. The van der Waals surface area contributed by atoms with Crippen LogP contribution in [0.15, 0.2) is 60.7 Å². The van der Waals surface area contributed by atoms with Gasteiger partial charge in [-0.15, -0.1) is 0 Å². The molecular weight excluding hydrogens is 422 g/mol. The maximum absolute atomic E-state index is 12.5. The lowest BCUT2D eigenvalue weighted by atomic mass is 10.2. The molecule has 2 N–H and O–H groups in total. The van der Waals surface area contributed by atoms with E-state index in [1.54, 1.807) is 0 Å². The minimum absolute atomic E-state index is 0.00633. The van der Waals surface area contributed by atoms with Gasteiger partial charge in [-0.2, -0.15) is 0 Å². The normalized spacial score (nSPS) is 17.8. The van der Waals surface area contributed by atoms with E-state index in [9.17, 15) is 14.7 Å². The number of ether oxygens (including phenoxy) is 2. The highest BCUT2D eigenvalue weighted by Crippen LogP contribution is 2.13. The molecule has 1 aliphatic rings. The molecule has 33 heavy (non-hydrogen) atoms. The van der Waals surface area contributed by atoms with Gasteiger partial charge in [-0.1, -0.05) is 67.6 Å². The predicted molar refractivity (Wildman–Crippen MR) is 125 cm³/mol. The first-order valence-corrected chi connectivity index (χ1v) is 11.4. The Morgan fingerprint density at radius 1 is 1.09 bits per heavy atom. The molecule has 1 saturated heterocycles. The lowest BCUT2D eigenvalue weighted by Crippen LogP contribution is -2.44. The first-order chi connectivity index (χ1) is 16.0. The van der Waals surface area contributed by atoms with Gasteiger partial charge in [0.15, 0.2) is 0 Å². The largest absolute Gasteiger partial charge is 0.480 e. The topological polar surface area (TPSA) is 91.3 Å². The van der Waals surface area contributed by atoms with Crippen molar-refractivity contribution in [3.05, 3.63) is 71.8 Å². The molecule has 3 rings (SSSR count). The van der Waals surface area contributed by atoms with Gasteiger partial charge >= 0.3 is 12.1 Å². The van der Waals surface area contributed by atoms with Crippen LogP contribution in [0.4, 0.5) is 4.79 Å². The van der Waals surface area contributed by atoms with Crippen molar-refractivity contribution in [2.45, 2.75) is 38.8 Å². The molecule has 178 valence electrons. The smallest absolute Gasteiger partial charge is 0.410 e. The summed E-state index contributed by atoms with van der Waals surface area (Å²) in [5, 5.41) is 12.5. The van der Waals surface area contributed by atoms with E-state index < -0.39 is 24.8 Å². The Kier molecular flexibility index (Phi) is 9.68. The highest BCUT2D eigenvalue weighted by molar-refractivity contribution is 5.76. The summed E-state index contributed by atoms with van der Waals surface area (Å²) < 4.78 is 11.4. The van der Waals surface area contributed by atoms with Crippen LogP contribution in [0.3, 0.4) is 0 Å². The lowest BCUT2D eigenvalue weighted by Gasteiger charge is -2.24. The summed E-state index contributed by atoms with van der Waals surface area (Å²) in [5.41, 5.74) is 2.12. The summed E-state index contributed by atoms with van der Waals surface area (Å²) in [5.74, 6) is -1.10. The Bertz CT molecular complexity index is 865. The number of amides is 1. The zero-order chi connectivity index (χ0) is 23.5. The van der Waals surface area contributed by atoms with E-state index in [2.05, 4.69) is 29.3 Å². The van der Waals surface area contributed by atoms with Crippen molar-refractivity contribution in [3.8, 4) is 0 Å². The maximum atomic E-state index is 12.5. The van der Waals surface area contributed by atoms with Crippen LogP contribution < -0.4 is 5.32 Å². The third kappa shape index (κ3) is 8.49. The van der Waals surface area contributed by atoms with Crippen LogP contribution in [0.2, 0.25) is 0 Å². The van der Waals surface area contributed by atoms with Gasteiger partial charge in [0.05, 0.1) is 12.6 Å². The number of carbonyl (C=O) groups excluding carboxylic acids is 1. The van der Waals surface area contributed by atoms with Gasteiger partial charge in [0, 0.05) is 19.6 Å². The van der Waals surface area contributed by atoms with Gasteiger partial charge in [0.1, 0.15) is 19.4 Å². The molecule has 1 amide bonds. The molecule has 0 saturated carbocycles. The van der Waals surface area contributed by atoms with E-state index in [1.807, 2.05) is 48.5 Å². The fourth-order valence-electron chi connectivity index (χ4n) is 3.76. The molecule has 1 fully saturated rings. The summed E-state index contributed by atoms with van der Waals surface area (Å²) in [6.45, 7) is 5.28. The molecule has 8 heteroatoms. The van der Waals surface area contributed by atoms with E-state index >= 15 is 0 Å².